The van der Waals surface area contributed by atoms with Gasteiger partial charge in [0.05, 0.1) is 12.0 Å². The molecule has 0 saturated carbocycles. The first kappa shape index (κ1) is 27.9. The zero-order chi connectivity index (χ0) is 25.0. The molecule has 1 unspecified atom stereocenters. The number of thioether (sulfide) groups is 1. The Labute approximate surface area is 208 Å². The minimum atomic E-state index is -0.557. The Morgan fingerprint density at radius 2 is 2.03 bits per heavy atom. The molecule has 1 fully saturated rings. The molecule has 2 N–H and O–H groups in total. The number of amides is 2. The van der Waals surface area contributed by atoms with Gasteiger partial charge in [-0.05, 0) is 30.9 Å². The molecular weight excluding hydrogens is 450 g/mol. The maximum absolute atomic E-state index is 12.0. The SMILES string of the molecule is CC1=C(c2ccc(CNC=O)cc2)SCN1.CCCCOC1CCN(C(=O)CC(C)(C)C=O)C1. The maximum atomic E-state index is 12.0. The third-order valence-electron chi connectivity index (χ3n) is 5.78. The van der Waals surface area contributed by atoms with Crippen LogP contribution >= 0.6 is 11.8 Å². The number of allylic oxidation sites excluding steroid dienone is 1. The molecule has 2 aliphatic heterocycles. The van der Waals surface area contributed by atoms with E-state index in [0.29, 0.717) is 13.1 Å². The molecule has 2 amide bonds. The Bertz CT molecular complexity index is 839. The lowest BCUT2D eigenvalue weighted by atomic mass is 9.91. The van der Waals surface area contributed by atoms with E-state index in [-0.39, 0.29) is 18.4 Å². The van der Waals surface area contributed by atoms with E-state index < -0.39 is 5.41 Å². The Hall–Kier alpha value is -2.32. The summed E-state index contributed by atoms with van der Waals surface area (Å²) in [6, 6.07) is 8.29. The van der Waals surface area contributed by atoms with Crippen molar-refractivity contribution < 1.29 is 19.1 Å². The molecule has 0 radical (unpaired) electrons. The molecule has 1 saturated heterocycles. The number of ether oxygens (including phenoxy) is 1. The highest BCUT2D eigenvalue weighted by Crippen LogP contribution is 2.33. The van der Waals surface area contributed by atoms with Gasteiger partial charge in [0.15, 0.2) is 0 Å². The summed E-state index contributed by atoms with van der Waals surface area (Å²) in [5, 5.41) is 5.95. The van der Waals surface area contributed by atoms with E-state index in [1.165, 1.54) is 16.2 Å². The number of rotatable bonds is 11. The quantitative estimate of drug-likeness (QED) is 0.362. The molecule has 188 valence electrons. The molecule has 34 heavy (non-hydrogen) atoms. The number of carbonyl (C=O) groups is 3. The van der Waals surface area contributed by atoms with E-state index in [1.807, 2.05) is 28.8 Å². The number of hydrogen-bond acceptors (Lipinski definition) is 6. The number of nitrogens with zero attached hydrogens (tertiary/aromatic N) is 1. The van der Waals surface area contributed by atoms with Crippen LogP contribution in [0.2, 0.25) is 0 Å². The largest absolute Gasteiger partial charge is 0.378 e. The van der Waals surface area contributed by atoms with Crippen molar-refractivity contribution in [2.24, 2.45) is 5.41 Å². The zero-order valence-electron chi connectivity index (χ0n) is 20.9. The smallest absolute Gasteiger partial charge is 0.223 e. The first-order chi connectivity index (χ1) is 16.3. The highest BCUT2D eigenvalue weighted by Gasteiger charge is 2.30. The fourth-order valence-corrected chi connectivity index (χ4v) is 4.69. The van der Waals surface area contributed by atoms with Gasteiger partial charge in [-0.3, -0.25) is 9.59 Å². The van der Waals surface area contributed by atoms with Crippen molar-refractivity contribution in [2.45, 2.75) is 66.0 Å². The second kappa shape index (κ2) is 14.2. The van der Waals surface area contributed by atoms with Gasteiger partial charge >= 0.3 is 0 Å². The molecule has 7 nitrogen and oxygen atoms in total. The number of aldehydes is 1. The summed E-state index contributed by atoms with van der Waals surface area (Å²) in [7, 11) is 0. The molecule has 3 rings (SSSR count). The van der Waals surface area contributed by atoms with Crippen LogP contribution in [0, 0.1) is 5.41 Å². The van der Waals surface area contributed by atoms with Crippen LogP contribution < -0.4 is 10.6 Å². The van der Waals surface area contributed by atoms with Crippen molar-refractivity contribution in [3.05, 3.63) is 41.1 Å². The molecule has 0 spiro atoms. The highest BCUT2D eigenvalue weighted by atomic mass is 32.2. The van der Waals surface area contributed by atoms with Crippen molar-refractivity contribution in [3.63, 3.8) is 0 Å². The third-order valence-corrected chi connectivity index (χ3v) is 6.89. The van der Waals surface area contributed by atoms with Gasteiger partial charge in [0, 0.05) is 48.7 Å². The van der Waals surface area contributed by atoms with Gasteiger partial charge in [-0.2, -0.15) is 0 Å². The summed E-state index contributed by atoms with van der Waals surface area (Å²) < 4.78 is 5.72. The molecule has 0 aromatic heterocycles. The Morgan fingerprint density at radius 3 is 2.62 bits per heavy atom. The first-order valence-electron chi connectivity index (χ1n) is 12.0. The maximum Gasteiger partial charge on any atom is 0.223 e. The number of nitrogens with one attached hydrogen (secondary N) is 2. The number of unbranched alkanes of at least 4 members (excludes halogenated alkanes) is 1. The molecule has 0 bridgehead atoms. The lowest BCUT2D eigenvalue weighted by molar-refractivity contribution is -0.135. The highest BCUT2D eigenvalue weighted by molar-refractivity contribution is 8.08. The summed E-state index contributed by atoms with van der Waals surface area (Å²) in [6.45, 7) is 10.6. The fourth-order valence-electron chi connectivity index (χ4n) is 3.67. The number of benzene rings is 1. The van der Waals surface area contributed by atoms with Crippen LogP contribution in [0.3, 0.4) is 0 Å². The predicted octanol–water partition coefficient (Wildman–Crippen LogP) is 3.93. The number of carbonyl (C=O) groups excluding carboxylic acids is 3. The van der Waals surface area contributed by atoms with Gasteiger partial charge in [-0.25, -0.2) is 0 Å². The third kappa shape index (κ3) is 9.14. The molecule has 8 heteroatoms. The molecule has 2 heterocycles. The second-order valence-electron chi connectivity index (χ2n) is 9.37. The van der Waals surface area contributed by atoms with Gasteiger partial charge in [-0.15, -0.1) is 11.8 Å². The van der Waals surface area contributed by atoms with E-state index in [4.69, 9.17) is 4.74 Å². The molecular formula is C26H39N3O4S. The van der Waals surface area contributed by atoms with E-state index in [0.717, 1.165) is 56.6 Å². The van der Waals surface area contributed by atoms with Gasteiger partial charge < -0.3 is 25.1 Å². The van der Waals surface area contributed by atoms with Crippen molar-refractivity contribution in [2.75, 3.05) is 25.6 Å². The van der Waals surface area contributed by atoms with Gasteiger partial charge in [-0.1, -0.05) is 51.5 Å². The normalized spacial score (nSPS) is 17.6. The lowest BCUT2D eigenvalue weighted by Gasteiger charge is -2.22. The first-order valence-corrected chi connectivity index (χ1v) is 13.0. The van der Waals surface area contributed by atoms with Crippen LogP contribution in [0.4, 0.5) is 0 Å². The molecule has 1 atom stereocenters. The lowest BCUT2D eigenvalue weighted by Crippen LogP contribution is -2.34. The van der Waals surface area contributed by atoms with Gasteiger partial charge in [0.1, 0.15) is 6.29 Å². The second-order valence-corrected chi connectivity index (χ2v) is 10.4. The monoisotopic (exact) mass is 489 g/mol. The van der Waals surface area contributed by atoms with Crippen molar-refractivity contribution in [1.82, 2.24) is 15.5 Å². The van der Waals surface area contributed by atoms with Gasteiger partial charge in [0.25, 0.3) is 0 Å². The van der Waals surface area contributed by atoms with Crippen LogP contribution in [0.15, 0.2) is 30.0 Å². The van der Waals surface area contributed by atoms with Crippen LogP contribution in [-0.2, 0) is 25.7 Å². The van der Waals surface area contributed by atoms with E-state index in [9.17, 15) is 14.4 Å². The van der Waals surface area contributed by atoms with E-state index in [1.54, 1.807) is 13.8 Å². The molecule has 0 aliphatic carbocycles. The van der Waals surface area contributed by atoms with Crippen molar-refractivity contribution >= 4 is 35.3 Å². The minimum Gasteiger partial charge on any atom is -0.378 e. The van der Waals surface area contributed by atoms with E-state index in [2.05, 4.69) is 36.6 Å². The summed E-state index contributed by atoms with van der Waals surface area (Å²) in [5.41, 5.74) is 3.04. The standard InChI is InChI=1S/C14H25NO3.C12H14N2OS/c1-4-5-8-18-12-6-7-15(10-12)13(17)9-14(2,3)11-16;1-9-12(16-8-14-9)11-4-2-10(3-5-11)6-13-7-15/h11-12H,4-10H2,1-3H3;2-5,7,14H,6,8H2,1H3,(H,13,15). The predicted molar refractivity (Wildman–Crippen MR) is 138 cm³/mol. The van der Waals surface area contributed by atoms with Crippen LogP contribution in [0.5, 0.6) is 0 Å². The summed E-state index contributed by atoms with van der Waals surface area (Å²) in [5.74, 6) is 1.02. The molecule has 2 aliphatic rings. The average molecular weight is 490 g/mol. The van der Waals surface area contributed by atoms with Crippen LogP contribution in [0.1, 0.15) is 64.5 Å². The zero-order valence-corrected chi connectivity index (χ0v) is 21.7. The molecule has 1 aromatic rings. The van der Waals surface area contributed by atoms with Crippen LogP contribution in [-0.4, -0.2) is 55.2 Å². The summed E-state index contributed by atoms with van der Waals surface area (Å²) >= 11 is 1.82. The minimum absolute atomic E-state index is 0.0636. The summed E-state index contributed by atoms with van der Waals surface area (Å²) in [6.07, 6.45) is 5.16. The van der Waals surface area contributed by atoms with Crippen molar-refractivity contribution in [3.8, 4) is 0 Å². The Kier molecular flexibility index (Phi) is 11.6. The Morgan fingerprint density at radius 1 is 1.29 bits per heavy atom. The van der Waals surface area contributed by atoms with E-state index >= 15 is 0 Å². The number of hydrogen-bond donors (Lipinski definition) is 2. The van der Waals surface area contributed by atoms with Crippen LogP contribution in [0.25, 0.3) is 4.91 Å². The summed E-state index contributed by atoms with van der Waals surface area (Å²) in [4.78, 5) is 36.1. The topological polar surface area (TPSA) is 87.7 Å². The Balaban J connectivity index is 0.000000241. The fraction of sp³-hybridized carbons (Fsp3) is 0.577. The average Bonchev–Trinajstić information content (AvgIpc) is 3.48. The molecule has 1 aromatic carbocycles. The number of likely N-dealkylation sites (tertiary alicyclic amines) is 1. The van der Waals surface area contributed by atoms with Crippen molar-refractivity contribution in [1.29, 1.82) is 0 Å². The van der Waals surface area contributed by atoms with Gasteiger partial charge in [0.2, 0.25) is 12.3 Å².